The molecule has 2 aromatic rings. The number of aromatic nitrogens is 2. The van der Waals surface area contributed by atoms with Crippen molar-refractivity contribution in [3.8, 4) is 5.88 Å². The van der Waals surface area contributed by atoms with Crippen molar-refractivity contribution in [1.82, 2.24) is 9.97 Å². The van der Waals surface area contributed by atoms with Gasteiger partial charge in [0.2, 0.25) is 5.88 Å². The minimum atomic E-state index is 0.0172. The SMILES string of the molecule is CC(C)Oc1ncnc(N(C)Cc2ccccc2Br)c1N. The third kappa shape index (κ3) is 3.85. The maximum Gasteiger partial charge on any atom is 0.242 e. The quantitative estimate of drug-likeness (QED) is 0.896. The molecule has 0 saturated carbocycles. The van der Waals surface area contributed by atoms with Gasteiger partial charge in [-0.1, -0.05) is 34.1 Å². The van der Waals surface area contributed by atoms with Gasteiger partial charge in [0.1, 0.15) is 12.0 Å². The van der Waals surface area contributed by atoms with Gasteiger partial charge < -0.3 is 15.4 Å². The van der Waals surface area contributed by atoms with E-state index in [1.165, 1.54) is 6.33 Å². The molecule has 0 amide bonds. The molecule has 1 aromatic carbocycles. The predicted molar refractivity (Wildman–Crippen MR) is 88.5 cm³/mol. The second-order valence-corrected chi connectivity index (χ2v) is 5.88. The van der Waals surface area contributed by atoms with Crippen LogP contribution in [0.1, 0.15) is 19.4 Å². The highest BCUT2D eigenvalue weighted by molar-refractivity contribution is 9.10. The third-order valence-corrected chi connectivity index (χ3v) is 3.67. The lowest BCUT2D eigenvalue weighted by atomic mass is 10.2. The van der Waals surface area contributed by atoms with E-state index in [1.54, 1.807) is 0 Å². The molecule has 0 aliphatic heterocycles. The zero-order chi connectivity index (χ0) is 15.4. The summed E-state index contributed by atoms with van der Waals surface area (Å²) in [6.45, 7) is 4.56. The van der Waals surface area contributed by atoms with E-state index < -0.39 is 0 Å². The first-order valence-corrected chi connectivity index (χ1v) is 7.50. The van der Waals surface area contributed by atoms with Crippen LogP contribution in [-0.2, 0) is 6.54 Å². The Morgan fingerprint density at radius 3 is 2.67 bits per heavy atom. The molecular weight excluding hydrogens is 332 g/mol. The first-order valence-electron chi connectivity index (χ1n) is 6.70. The van der Waals surface area contributed by atoms with Gasteiger partial charge in [-0.25, -0.2) is 4.98 Å². The van der Waals surface area contributed by atoms with Crippen LogP contribution in [-0.4, -0.2) is 23.1 Å². The van der Waals surface area contributed by atoms with E-state index in [0.29, 0.717) is 23.9 Å². The summed E-state index contributed by atoms with van der Waals surface area (Å²) in [5.41, 5.74) is 7.74. The second-order valence-electron chi connectivity index (χ2n) is 5.03. The van der Waals surface area contributed by atoms with Gasteiger partial charge in [0.15, 0.2) is 5.82 Å². The normalized spacial score (nSPS) is 10.7. The van der Waals surface area contributed by atoms with Crippen molar-refractivity contribution in [3.63, 3.8) is 0 Å². The minimum absolute atomic E-state index is 0.0172. The first-order chi connectivity index (χ1) is 9.99. The van der Waals surface area contributed by atoms with E-state index >= 15 is 0 Å². The molecule has 0 radical (unpaired) electrons. The number of nitrogen functional groups attached to an aromatic ring is 1. The fourth-order valence-electron chi connectivity index (χ4n) is 1.95. The second kappa shape index (κ2) is 6.76. The lowest BCUT2D eigenvalue weighted by Gasteiger charge is -2.21. The van der Waals surface area contributed by atoms with E-state index in [1.807, 2.05) is 44.0 Å². The first kappa shape index (κ1) is 15.6. The van der Waals surface area contributed by atoms with Gasteiger partial charge in [-0.15, -0.1) is 0 Å². The molecule has 1 aromatic heterocycles. The van der Waals surface area contributed by atoms with Crippen LogP contribution >= 0.6 is 15.9 Å². The Hall–Kier alpha value is -1.82. The number of benzene rings is 1. The van der Waals surface area contributed by atoms with E-state index in [4.69, 9.17) is 10.5 Å². The Labute approximate surface area is 133 Å². The number of nitrogens with two attached hydrogens (primary N) is 1. The molecule has 0 spiro atoms. The molecule has 5 nitrogen and oxygen atoms in total. The average Bonchev–Trinajstić information content (AvgIpc) is 2.43. The van der Waals surface area contributed by atoms with Crippen LogP contribution in [0.3, 0.4) is 0 Å². The molecule has 2 rings (SSSR count). The molecule has 0 aliphatic rings. The minimum Gasteiger partial charge on any atom is -0.473 e. The van der Waals surface area contributed by atoms with E-state index in [2.05, 4.69) is 32.0 Å². The van der Waals surface area contributed by atoms with Crippen molar-refractivity contribution >= 4 is 27.4 Å². The van der Waals surface area contributed by atoms with Crippen LogP contribution < -0.4 is 15.4 Å². The zero-order valence-corrected chi connectivity index (χ0v) is 14.0. The summed E-state index contributed by atoms with van der Waals surface area (Å²) in [4.78, 5) is 10.3. The Morgan fingerprint density at radius 1 is 1.29 bits per heavy atom. The molecule has 0 saturated heterocycles. The summed E-state index contributed by atoms with van der Waals surface area (Å²) in [5.74, 6) is 1.09. The van der Waals surface area contributed by atoms with Crippen molar-refractivity contribution < 1.29 is 4.74 Å². The van der Waals surface area contributed by atoms with Crippen molar-refractivity contribution in [2.24, 2.45) is 0 Å². The molecule has 21 heavy (non-hydrogen) atoms. The van der Waals surface area contributed by atoms with Crippen LogP contribution in [0.25, 0.3) is 0 Å². The van der Waals surface area contributed by atoms with Gasteiger partial charge in [0.25, 0.3) is 0 Å². The number of hydrogen-bond donors (Lipinski definition) is 1. The highest BCUT2D eigenvalue weighted by Crippen LogP contribution is 2.29. The fraction of sp³-hybridized carbons (Fsp3) is 0.333. The van der Waals surface area contributed by atoms with Gasteiger partial charge in [-0.2, -0.15) is 4.98 Å². The molecular formula is C15H19BrN4O. The van der Waals surface area contributed by atoms with Gasteiger partial charge >= 0.3 is 0 Å². The number of anilines is 2. The van der Waals surface area contributed by atoms with E-state index in [-0.39, 0.29) is 6.10 Å². The van der Waals surface area contributed by atoms with Crippen molar-refractivity contribution in [2.75, 3.05) is 17.7 Å². The molecule has 0 fully saturated rings. The summed E-state index contributed by atoms with van der Waals surface area (Å²) in [6, 6.07) is 8.06. The summed E-state index contributed by atoms with van der Waals surface area (Å²) >= 11 is 3.55. The van der Waals surface area contributed by atoms with E-state index in [0.717, 1.165) is 10.0 Å². The highest BCUT2D eigenvalue weighted by Gasteiger charge is 2.15. The number of nitrogens with zero attached hydrogens (tertiary/aromatic N) is 3. The molecule has 0 unspecified atom stereocenters. The largest absolute Gasteiger partial charge is 0.473 e. The van der Waals surface area contributed by atoms with Crippen molar-refractivity contribution in [2.45, 2.75) is 26.5 Å². The summed E-state index contributed by atoms with van der Waals surface area (Å²) in [6.07, 6.45) is 1.49. The van der Waals surface area contributed by atoms with Crippen LogP contribution in [0.15, 0.2) is 35.1 Å². The molecule has 0 bridgehead atoms. The van der Waals surface area contributed by atoms with Crippen LogP contribution in [0, 0.1) is 0 Å². The van der Waals surface area contributed by atoms with Crippen LogP contribution in [0.5, 0.6) is 5.88 Å². The monoisotopic (exact) mass is 350 g/mol. The van der Waals surface area contributed by atoms with Gasteiger partial charge in [0.05, 0.1) is 6.10 Å². The van der Waals surface area contributed by atoms with Crippen molar-refractivity contribution in [1.29, 1.82) is 0 Å². The molecule has 1 heterocycles. The Bertz CT molecular complexity index is 618. The van der Waals surface area contributed by atoms with Crippen LogP contribution in [0.2, 0.25) is 0 Å². The van der Waals surface area contributed by atoms with E-state index in [9.17, 15) is 0 Å². The molecule has 0 aliphatic carbocycles. The maximum absolute atomic E-state index is 6.12. The summed E-state index contributed by atoms with van der Waals surface area (Å²) < 4.78 is 6.66. The summed E-state index contributed by atoms with van der Waals surface area (Å²) in [5, 5.41) is 0. The van der Waals surface area contributed by atoms with Gasteiger partial charge in [0, 0.05) is 18.1 Å². The summed E-state index contributed by atoms with van der Waals surface area (Å²) in [7, 11) is 1.94. The van der Waals surface area contributed by atoms with Gasteiger partial charge in [-0.3, -0.25) is 0 Å². The molecule has 112 valence electrons. The number of halogens is 1. The smallest absolute Gasteiger partial charge is 0.242 e. The van der Waals surface area contributed by atoms with Crippen LogP contribution in [0.4, 0.5) is 11.5 Å². The van der Waals surface area contributed by atoms with Crippen molar-refractivity contribution in [3.05, 3.63) is 40.6 Å². The Balaban J connectivity index is 2.23. The maximum atomic E-state index is 6.12. The zero-order valence-electron chi connectivity index (χ0n) is 12.4. The Morgan fingerprint density at radius 2 is 2.00 bits per heavy atom. The highest BCUT2D eigenvalue weighted by atomic mass is 79.9. The lowest BCUT2D eigenvalue weighted by Crippen LogP contribution is -2.20. The fourth-order valence-corrected chi connectivity index (χ4v) is 2.36. The third-order valence-electron chi connectivity index (χ3n) is 2.90. The number of hydrogen-bond acceptors (Lipinski definition) is 5. The Kier molecular flexibility index (Phi) is 5.01. The number of ether oxygens (including phenoxy) is 1. The lowest BCUT2D eigenvalue weighted by molar-refractivity contribution is 0.234. The number of rotatable bonds is 5. The standard InChI is InChI=1S/C15H19BrN4O/c1-10(2)21-15-13(17)14(18-9-19-15)20(3)8-11-6-4-5-7-12(11)16/h4-7,9-10H,8,17H2,1-3H3. The average molecular weight is 351 g/mol. The molecule has 0 atom stereocenters. The predicted octanol–water partition coefficient (Wildman–Crippen LogP) is 3.24. The molecule has 2 N–H and O–H groups in total. The topological polar surface area (TPSA) is 64.3 Å². The molecule has 6 heteroatoms. The van der Waals surface area contributed by atoms with Gasteiger partial charge in [-0.05, 0) is 25.5 Å².